The Morgan fingerprint density at radius 2 is 1.70 bits per heavy atom. The van der Waals surface area contributed by atoms with Crippen LogP contribution in [-0.2, 0) is 0 Å². The van der Waals surface area contributed by atoms with E-state index in [1.165, 1.54) is 88.8 Å². The van der Waals surface area contributed by atoms with Crippen molar-refractivity contribution in [1.29, 1.82) is 0 Å². The van der Waals surface area contributed by atoms with Crippen molar-refractivity contribution in [3.05, 3.63) is 23.9 Å². The molecule has 3 aliphatic carbocycles. The van der Waals surface area contributed by atoms with Crippen LogP contribution >= 0.6 is 0 Å². The molecule has 0 N–H and O–H groups in total. The Hall–Kier alpha value is -0.760. The zero-order chi connectivity index (χ0) is 23.6. The predicted molar refractivity (Wildman–Crippen MR) is 143 cm³/mol. The Morgan fingerprint density at radius 1 is 0.970 bits per heavy atom. The Kier molecular flexibility index (Phi) is 8.04. The third kappa shape index (κ3) is 5.41. The molecule has 0 aromatic rings. The molecule has 2 heteroatoms. The molecule has 0 aromatic carbocycles. The van der Waals surface area contributed by atoms with Crippen LogP contribution in [0.2, 0.25) is 0 Å². The summed E-state index contributed by atoms with van der Waals surface area (Å²) in [6, 6.07) is 0.814. The van der Waals surface area contributed by atoms with E-state index >= 15 is 0 Å². The highest BCUT2D eigenvalue weighted by molar-refractivity contribution is 5.18. The molecule has 0 aromatic heterocycles. The summed E-state index contributed by atoms with van der Waals surface area (Å²) in [4.78, 5) is 5.19. The Bertz CT molecular complexity index is 694. The first-order valence-electron chi connectivity index (χ1n) is 14.6. The minimum absolute atomic E-state index is 0.683. The summed E-state index contributed by atoms with van der Waals surface area (Å²) in [6.07, 6.45) is 19.7. The summed E-state index contributed by atoms with van der Waals surface area (Å²) in [5.41, 5.74) is 4.33. The number of allylic oxidation sites excluding steroid dienone is 3. The van der Waals surface area contributed by atoms with Gasteiger partial charge in [0, 0.05) is 24.8 Å². The number of rotatable bonds is 6. The van der Waals surface area contributed by atoms with E-state index in [4.69, 9.17) is 0 Å². The molecule has 5 unspecified atom stereocenters. The number of hydrogen-bond acceptors (Lipinski definition) is 2. The lowest BCUT2D eigenvalue weighted by Crippen LogP contribution is -2.40. The highest BCUT2D eigenvalue weighted by atomic mass is 15.3. The van der Waals surface area contributed by atoms with E-state index in [0.717, 1.165) is 35.6 Å². The molecule has 5 aliphatic rings. The topological polar surface area (TPSA) is 6.48 Å². The molecule has 2 saturated heterocycles. The van der Waals surface area contributed by atoms with Gasteiger partial charge in [-0.25, -0.2) is 0 Å². The molecular weight excluding hydrogens is 400 g/mol. The van der Waals surface area contributed by atoms with E-state index in [2.05, 4.69) is 57.1 Å². The number of nitrogens with zero attached hydrogens (tertiary/aromatic N) is 2. The summed E-state index contributed by atoms with van der Waals surface area (Å²) in [5, 5.41) is 0. The van der Waals surface area contributed by atoms with Crippen molar-refractivity contribution >= 4 is 0 Å². The fourth-order valence-corrected chi connectivity index (χ4v) is 8.13. The van der Waals surface area contributed by atoms with Crippen molar-refractivity contribution in [2.75, 3.05) is 26.2 Å². The van der Waals surface area contributed by atoms with Crippen LogP contribution in [-0.4, -0.2) is 42.0 Å². The smallest absolute Gasteiger partial charge is 0.0331 e. The molecule has 3 saturated carbocycles. The maximum atomic E-state index is 4.14. The van der Waals surface area contributed by atoms with Gasteiger partial charge in [0.05, 0.1) is 0 Å². The van der Waals surface area contributed by atoms with Crippen LogP contribution < -0.4 is 0 Å². The largest absolute Gasteiger partial charge is 0.374 e. The van der Waals surface area contributed by atoms with E-state index in [1.54, 1.807) is 19.3 Å². The number of likely N-dealkylation sites (tertiary alicyclic amines) is 2. The van der Waals surface area contributed by atoms with Gasteiger partial charge in [0.1, 0.15) is 0 Å². The van der Waals surface area contributed by atoms with E-state index in [1.807, 2.05) is 0 Å². The SMILES string of the molecule is C=C(CC)N1CCC(N2CCCCC2)C1.CC(C)=CCC1C(C)C1(C)C1CCCCC12CC2. The lowest BCUT2D eigenvalue weighted by molar-refractivity contribution is 0.116. The average molecular weight is 455 g/mol. The van der Waals surface area contributed by atoms with Crippen molar-refractivity contribution in [2.24, 2.45) is 28.6 Å². The summed E-state index contributed by atoms with van der Waals surface area (Å²) in [6.45, 7) is 21.1. The molecule has 5 fully saturated rings. The highest BCUT2D eigenvalue weighted by Gasteiger charge is 2.68. The van der Waals surface area contributed by atoms with Gasteiger partial charge in [-0.2, -0.15) is 0 Å². The maximum Gasteiger partial charge on any atom is 0.0331 e. The van der Waals surface area contributed by atoms with E-state index < -0.39 is 0 Å². The van der Waals surface area contributed by atoms with Crippen LogP contribution in [0.1, 0.15) is 112 Å². The van der Waals surface area contributed by atoms with Gasteiger partial charge in [-0.15, -0.1) is 0 Å². The monoisotopic (exact) mass is 454 g/mol. The molecule has 2 aliphatic heterocycles. The van der Waals surface area contributed by atoms with Gasteiger partial charge in [0.15, 0.2) is 0 Å². The zero-order valence-electron chi connectivity index (χ0n) is 22.8. The third-order valence-corrected chi connectivity index (χ3v) is 10.8. The second kappa shape index (κ2) is 10.5. The van der Waals surface area contributed by atoms with Crippen LogP contribution in [0, 0.1) is 28.6 Å². The van der Waals surface area contributed by atoms with Gasteiger partial charge in [0.25, 0.3) is 0 Å². The average Bonchev–Trinajstić information content (AvgIpc) is 3.60. The van der Waals surface area contributed by atoms with Crippen molar-refractivity contribution < 1.29 is 0 Å². The normalized spacial score (nSPS) is 37.3. The van der Waals surface area contributed by atoms with Crippen LogP contribution in [0.4, 0.5) is 0 Å². The van der Waals surface area contributed by atoms with Gasteiger partial charge in [0.2, 0.25) is 0 Å². The summed E-state index contributed by atoms with van der Waals surface area (Å²) in [5.74, 6) is 3.01. The molecule has 1 spiro atoms. The molecule has 0 amide bonds. The van der Waals surface area contributed by atoms with Crippen LogP contribution in [0.5, 0.6) is 0 Å². The quantitative estimate of drug-likeness (QED) is 0.374. The molecular formula is C31H54N2. The lowest BCUT2D eigenvalue weighted by Gasteiger charge is -2.38. The van der Waals surface area contributed by atoms with Gasteiger partial charge in [-0.3, -0.25) is 4.90 Å². The van der Waals surface area contributed by atoms with Crippen LogP contribution in [0.15, 0.2) is 23.9 Å². The highest BCUT2D eigenvalue weighted by Crippen LogP contribution is 2.75. The first-order chi connectivity index (χ1) is 15.8. The molecule has 0 radical (unpaired) electrons. The lowest BCUT2D eigenvalue weighted by atomic mass is 9.67. The Balaban J connectivity index is 0.000000160. The second-order valence-corrected chi connectivity index (χ2v) is 12.8. The maximum absolute atomic E-state index is 4.14. The third-order valence-electron chi connectivity index (χ3n) is 10.8. The summed E-state index contributed by atoms with van der Waals surface area (Å²) in [7, 11) is 0. The van der Waals surface area contributed by atoms with Crippen molar-refractivity contribution in [1.82, 2.24) is 9.80 Å². The van der Waals surface area contributed by atoms with Crippen molar-refractivity contribution in [2.45, 2.75) is 118 Å². The zero-order valence-corrected chi connectivity index (χ0v) is 22.8. The van der Waals surface area contributed by atoms with Gasteiger partial charge < -0.3 is 4.90 Å². The Labute approximate surface area is 206 Å². The van der Waals surface area contributed by atoms with E-state index in [-0.39, 0.29) is 0 Å². The number of hydrogen-bond donors (Lipinski definition) is 0. The molecule has 2 heterocycles. The van der Waals surface area contributed by atoms with Crippen LogP contribution in [0.3, 0.4) is 0 Å². The fourth-order valence-electron chi connectivity index (χ4n) is 8.13. The molecule has 33 heavy (non-hydrogen) atoms. The summed E-state index contributed by atoms with van der Waals surface area (Å²) < 4.78 is 0. The van der Waals surface area contributed by atoms with Gasteiger partial charge >= 0.3 is 0 Å². The minimum Gasteiger partial charge on any atom is -0.374 e. The number of piperidine rings is 1. The molecule has 5 rings (SSSR count). The van der Waals surface area contributed by atoms with Gasteiger partial charge in [-0.05, 0) is 113 Å². The molecule has 5 atom stereocenters. The first-order valence-corrected chi connectivity index (χ1v) is 14.6. The molecule has 2 nitrogen and oxygen atoms in total. The first kappa shape index (κ1) is 25.3. The minimum atomic E-state index is 0.683. The van der Waals surface area contributed by atoms with Gasteiger partial charge in [-0.1, -0.05) is 58.3 Å². The second-order valence-electron chi connectivity index (χ2n) is 12.8. The predicted octanol–water partition coefficient (Wildman–Crippen LogP) is 8.06. The van der Waals surface area contributed by atoms with Crippen molar-refractivity contribution in [3.8, 4) is 0 Å². The Morgan fingerprint density at radius 3 is 2.33 bits per heavy atom. The van der Waals surface area contributed by atoms with E-state index in [9.17, 15) is 0 Å². The van der Waals surface area contributed by atoms with E-state index in [0.29, 0.717) is 5.41 Å². The van der Waals surface area contributed by atoms with Crippen molar-refractivity contribution in [3.63, 3.8) is 0 Å². The molecule has 188 valence electrons. The summed E-state index contributed by atoms with van der Waals surface area (Å²) >= 11 is 0. The molecule has 0 bridgehead atoms. The fraction of sp³-hybridized carbons (Fsp3) is 0.871. The standard InChI is InChI=1S/C18H30.C13H24N2/c1-13(2)8-9-15-14(3)17(15,4)16-7-5-6-10-18(16)11-12-18;1-3-12(2)15-10-7-13(11-15)14-8-5-4-6-9-14/h8,14-16H,5-7,9-12H2,1-4H3;13H,2-11H2,1H3. The van der Waals surface area contributed by atoms with Crippen LogP contribution in [0.25, 0.3) is 0 Å².